The Balaban J connectivity index is 1.71. The standard InChI is InChI=1S/C19H25NO2S/c1-20-23(21,22)19-15-9-14-18(16-19)13-6-3-2-5-10-17-11-7-4-8-12-17/h4,7-9,11-12,14-16,20H,2-3,5-6,10,13H2,1H3. The van der Waals surface area contributed by atoms with Crippen LogP contribution >= 0.6 is 0 Å². The minimum atomic E-state index is -3.34. The number of nitrogens with one attached hydrogen (secondary N) is 1. The summed E-state index contributed by atoms with van der Waals surface area (Å²) in [4.78, 5) is 0.349. The van der Waals surface area contributed by atoms with Gasteiger partial charge in [0.2, 0.25) is 10.0 Å². The molecule has 1 N–H and O–H groups in total. The van der Waals surface area contributed by atoms with E-state index < -0.39 is 10.0 Å². The predicted octanol–water partition coefficient (Wildman–Crippen LogP) is 3.94. The van der Waals surface area contributed by atoms with E-state index in [0.717, 1.165) is 24.8 Å². The van der Waals surface area contributed by atoms with E-state index in [9.17, 15) is 8.42 Å². The van der Waals surface area contributed by atoms with Gasteiger partial charge in [-0.2, -0.15) is 0 Å². The van der Waals surface area contributed by atoms with Gasteiger partial charge in [0.1, 0.15) is 0 Å². The van der Waals surface area contributed by atoms with E-state index >= 15 is 0 Å². The molecule has 124 valence electrons. The fraction of sp³-hybridized carbons (Fsp3) is 0.368. The van der Waals surface area contributed by atoms with Crippen molar-refractivity contribution in [2.24, 2.45) is 0 Å². The Morgan fingerprint density at radius 2 is 1.39 bits per heavy atom. The molecule has 3 nitrogen and oxygen atoms in total. The number of hydrogen-bond acceptors (Lipinski definition) is 2. The lowest BCUT2D eigenvalue weighted by molar-refractivity contribution is 0.588. The summed E-state index contributed by atoms with van der Waals surface area (Å²) in [6.45, 7) is 0. The molecule has 2 aromatic carbocycles. The third-order valence-corrected chi connectivity index (χ3v) is 5.41. The third kappa shape index (κ3) is 5.81. The van der Waals surface area contributed by atoms with Crippen molar-refractivity contribution in [2.45, 2.75) is 43.4 Å². The summed E-state index contributed by atoms with van der Waals surface area (Å²) < 4.78 is 25.9. The minimum Gasteiger partial charge on any atom is -0.214 e. The summed E-state index contributed by atoms with van der Waals surface area (Å²) in [5, 5.41) is 0. The molecule has 4 heteroatoms. The van der Waals surface area contributed by atoms with Crippen molar-refractivity contribution in [2.75, 3.05) is 7.05 Å². The maximum absolute atomic E-state index is 11.8. The second-order valence-electron chi connectivity index (χ2n) is 5.75. The monoisotopic (exact) mass is 331 g/mol. The molecular formula is C19H25NO2S. The molecule has 0 unspecified atom stereocenters. The van der Waals surface area contributed by atoms with Crippen LogP contribution in [0.5, 0.6) is 0 Å². The van der Waals surface area contributed by atoms with Gasteiger partial charge in [-0.05, 0) is 56.0 Å². The van der Waals surface area contributed by atoms with Crippen LogP contribution in [-0.2, 0) is 22.9 Å². The van der Waals surface area contributed by atoms with Crippen LogP contribution in [0.25, 0.3) is 0 Å². The molecule has 2 aromatic rings. The Labute approximate surface area is 139 Å². The highest BCUT2D eigenvalue weighted by atomic mass is 32.2. The van der Waals surface area contributed by atoms with Gasteiger partial charge in [0.15, 0.2) is 0 Å². The van der Waals surface area contributed by atoms with Gasteiger partial charge in [-0.25, -0.2) is 13.1 Å². The van der Waals surface area contributed by atoms with Crippen LogP contribution in [0, 0.1) is 0 Å². The second kappa shape index (κ2) is 8.85. The summed E-state index contributed by atoms with van der Waals surface area (Å²) in [6.07, 6.45) is 6.75. The van der Waals surface area contributed by atoms with Crippen LogP contribution in [0.3, 0.4) is 0 Å². The van der Waals surface area contributed by atoms with Crippen LogP contribution in [0.1, 0.15) is 36.8 Å². The average molecular weight is 331 g/mol. The molecule has 0 aliphatic rings. The molecule has 0 aliphatic heterocycles. The van der Waals surface area contributed by atoms with Crippen LogP contribution in [0.15, 0.2) is 59.5 Å². The van der Waals surface area contributed by atoms with Crippen molar-refractivity contribution in [3.63, 3.8) is 0 Å². The zero-order chi connectivity index (χ0) is 16.5. The highest BCUT2D eigenvalue weighted by molar-refractivity contribution is 7.89. The first kappa shape index (κ1) is 17.7. The van der Waals surface area contributed by atoms with Gasteiger partial charge in [0, 0.05) is 0 Å². The van der Waals surface area contributed by atoms with Gasteiger partial charge in [-0.15, -0.1) is 0 Å². The predicted molar refractivity (Wildman–Crippen MR) is 95.0 cm³/mol. The Hall–Kier alpha value is -1.65. The van der Waals surface area contributed by atoms with Crippen molar-refractivity contribution in [1.82, 2.24) is 4.72 Å². The molecule has 23 heavy (non-hydrogen) atoms. The highest BCUT2D eigenvalue weighted by Gasteiger charge is 2.10. The lowest BCUT2D eigenvalue weighted by atomic mass is 10.0. The van der Waals surface area contributed by atoms with Crippen molar-refractivity contribution in [1.29, 1.82) is 0 Å². The molecule has 0 amide bonds. The molecule has 0 aliphatic carbocycles. The summed E-state index contributed by atoms with van der Waals surface area (Å²) in [5.74, 6) is 0. The zero-order valence-electron chi connectivity index (χ0n) is 13.7. The SMILES string of the molecule is CNS(=O)(=O)c1cccc(CCCCCCc2ccccc2)c1. The molecule has 0 aromatic heterocycles. The first-order valence-electron chi connectivity index (χ1n) is 8.18. The summed E-state index contributed by atoms with van der Waals surface area (Å²) >= 11 is 0. The zero-order valence-corrected chi connectivity index (χ0v) is 14.5. The first-order chi connectivity index (χ1) is 11.1. The molecule has 0 saturated carbocycles. The van der Waals surface area contributed by atoms with E-state index in [-0.39, 0.29) is 0 Å². The van der Waals surface area contributed by atoms with Crippen LogP contribution < -0.4 is 4.72 Å². The van der Waals surface area contributed by atoms with Crippen molar-refractivity contribution in [3.05, 3.63) is 65.7 Å². The summed E-state index contributed by atoms with van der Waals surface area (Å²) in [5.41, 5.74) is 2.49. The topological polar surface area (TPSA) is 46.2 Å². The van der Waals surface area contributed by atoms with E-state index in [1.165, 1.54) is 31.9 Å². The van der Waals surface area contributed by atoms with E-state index in [4.69, 9.17) is 0 Å². The van der Waals surface area contributed by atoms with Gasteiger partial charge in [-0.3, -0.25) is 0 Å². The Morgan fingerprint density at radius 3 is 2.04 bits per heavy atom. The summed E-state index contributed by atoms with van der Waals surface area (Å²) in [7, 11) is -1.90. The van der Waals surface area contributed by atoms with Crippen molar-refractivity contribution in [3.8, 4) is 0 Å². The molecule has 0 heterocycles. The Morgan fingerprint density at radius 1 is 0.783 bits per heavy atom. The number of benzene rings is 2. The average Bonchev–Trinajstić information content (AvgIpc) is 2.59. The van der Waals surface area contributed by atoms with Crippen LogP contribution in [-0.4, -0.2) is 15.5 Å². The summed E-state index contributed by atoms with van der Waals surface area (Å²) in [6, 6.07) is 17.8. The van der Waals surface area contributed by atoms with Gasteiger partial charge in [0.05, 0.1) is 4.90 Å². The third-order valence-electron chi connectivity index (χ3n) is 4.00. The number of sulfonamides is 1. The largest absolute Gasteiger partial charge is 0.240 e. The molecule has 0 atom stereocenters. The van der Waals surface area contributed by atoms with E-state index in [1.54, 1.807) is 12.1 Å². The fourth-order valence-corrected chi connectivity index (χ4v) is 3.44. The van der Waals surface area contributed by atoms with Crippen LogP contribution in [0.2, 0.25) is 0 Å². The normalized spacial score (nSPS) is 11.5. The molecule has 0 spiro atoms. The smallest absolute Gasteiger partial charge is 0.214 e. The molecule has 0 fully saturated rings. The van der Waals surface area contributed by atoms with Crippen molar-refractivity contribution < 1.29 is 8.42 Å². The number of unbranched alkanes of at least 4 members (excludes halogenated alkanes) is 3. The fourth-order valence-electron chi connectivity index (χ4n) is 2.64. The minimum absolute atomic E-state index is 0.349. The van der Waals surface area contributed by atoms with Gasteiger partial charge in [-0.1, -0.05) is 55.3 Å². The lowest BCUT2D eigenvalue weighted by Gasteiger charge is -2.06. The van der Waals surface area contributed by atoms with Gasteiger partial charge >= 0.3 is 0 Å². The number of aryl methyl sites for hydroxylation is 2. The molecule has 0 bridgehead atoms. The lowest BCUT2D eigenvalue weighted by Crippen LogP contribution is -2.18. The van der Waals surface area contributed by atoms with Gasteiger partial charge < -0.3 is 0 Å². The quantitative estimate of drug-likeness (QED) is 0.707. The maximum atomic E-state index is 11.8. The van der Waals surface area contributed by atoms with E-state index in [2.05, 4.69) is 29.0 Å². The van der Waals surface area contributed by atoms with Crippen molar-refractivity contribution >= 4 is 10.0 Å². The van der Waals surface area contributed by atoms with Crippen LogP contribution in [0.4, 0.5) is 0 Å². The molecule has 0 radical (unpaired) electrons. The van der Waals surface area contributed by atoms with Gasteiger partial charge in [0.25, 0.3) is 0 Å². The molecule has 2 rings (SSSR count). The number of rotatable bonds is 9. The number of hydrogen-bond donors (Lipinski definition) is 1. The molecule has 0 saturated heterocycles. The Bertz CT molecular complexity index is 696. The van der Waals surface area contributed by atoms with E-state index in [0.29, 0.717) is 4.90 Å². The second-order valence-corrected chi connectivity index (χ2v) is 7.64. The molecular weight excluding hydrogens is 306 g/mol. The first-order valence-corrected chi connectivity index (χ1v) is 9.66. The maximum Gasteiger partial charge on any atom is 0.240 e. The highest BCUT2D eigenvalue weighted by Crippen LogP contribution is 2.14. The van der Waals surface area contributed by atoms with E-state index in [1.807, 2.05) is 18.2 Å². The Kier molecular flexibility index (Phi) is 6.81.